The van der Waals surface area contributed by atoms with E-state index in [2.05, 4.69) is 22.5 Å². The summed E-state index contributed by atoms with van der Waals surface area (Å²) in [5, 5.41) is 17.3. The molecule has 8 nitrogen and oxygen atoms in total. The highest BCUT2D eigenvalue weighted by Crippen LogP contribution is 2.37. The number of likely N-dealkylation sites (tertiary alicyclic amines) is 1. The molecule has 3 N–H and O–H groups in total. The second kappa shape index (κ2) is 11.9. The van der Waals surface area contributed by atoms with Crippen molar-refractivity contribution in [3.8, 4) is 5.88 Å². The first-order chi connectivity index (χ1) is 18.5. The Morgan fingerprint density at radius 3 is 2.59 bits per heavy atom. The monoisotopic (exact) mass is 548 g/mol. The van der Waals surface area contributed by atoms with E-state index in [0.717, 1.165) is 37.0 Å². The van der Waals surface area contributed by atoms with Crippen LogP contribution in [0.1, 0.15) is 60.5 Å². The average Bonchev–Trinajstić information content (AvgIpc) is 3.43. The zero-order chi connectivity index (χ0) is 28.2. The number of nitrogens with zero attached hydrogens (tertiary/aromatic N) is 2. The van der Waals surface area contributed by atoms with Gasteiger partial charge in [-0.1, -0.05) is 6.07 Å². The van der Waals surface area contributed by atoms with Crippen molar-refractivity contribution in [1.82, 2.24) is 20.5 Å². The molecule has 2 aliphatic rings. The van der Waals surface area contributed by atoms with Crippen molar-refractivity contribution < 1.29 is 32.6 Å². The number of nitrogens with one attached hydrogen (secondary N) is 2. The van der Waals surface area contributed by atoms with Gasteiger partial charge < -0.3 is 25.4 Å². The first-order valence-corrected chi connectivity index (χ1v) is 13.2. The van der Waals surface area contributed by atoms with Crippen LogP contribution < -0.4 is 15.4 Å². The normalized spacial score (nSPS) is 24.3. The van der Waals surface area contributed by atoms with Crippen molar-refractivity contribution in [1.29, 1.82) is 0 Å². The molecule has 2 unspecified atom stereocenters. The number of amides is 2. The number of hydrogen-bond donors (Lipinski definition) is 3. The Labute approximate surface area is 225 Å². The Kier molecular flexibility index (Phi) is 8.80. The molecule has 11 heteroatoms. The molecule has 0 radical (unpaired) electrons. The Hall–Kier alpha value is -3.18. The van der Waals surface area contributed by atoms with Crippen LogP contribution in [0.4, 0.5) is 13.2 Å². The molecule has 1 aromatic carbocycles. The molecule has 1 aliphatic carbocycles. The Bertz CT molecular complexity index is 1150. The Morgan fingerprint density at radius 1 is 1.21 bits per heavy atom. The smallest absolute Gasteiger partial charge is 0.416 e. The van der Waals surface area contributed by atoms with E-state index in [1.165, 1.54) is 12.1 Å². The van der Waals surface area contributed by atoms with Crippen LogP contribution in [0.15, 0.2) is 42.6 Å². The van der Waals surface area contributed by atoms with Gasteiger partial charge in [-0.05, 0) is 69.2 Å². The lowest BCUT2D eigenvalue weighted by atomic mass is 9.78. The van der Waals surface area contributed by atoms with Crippen LogP contribution in [0, 0.1) is 5.92 Å². The largest absolute Gasteiger partial charge is 0.481 e. The van der Waals surface area contributed by atoms with Crippen molar-refractivity contribution in [3.63, 3.8) is 0 Å². The molecule has 1 saturated carbocycles. The standard InChI is InChI=1S/C28H35F3N4O4/c1-18(34-23-8-11-27(38,12-9-23)22-6-7-24(39-2)32-15-22)20-10-13-35(17-20)25(36)16-33-26(37)19-4-3-5-21(14-19)28(29,30)31/h3-7,14-15,18,20,23,34,38H,8-13,16-17H2,1-2H3,(H,33,37). The summed E-state index contributed by atoms with van der Waals surface area (Å²) in [5.74, 6) is -0.239. The van der Waals surface area contributed by atoms with Gasteiger partial charge in [0.05, 0.1) is 24.8 Å². The van der Waals surface area contributed by atoms with Crippen LogP contribution in [-0.4, -0.2) is 65.6 Å². The first-order valence-electron chi connectivity index (χ1n) is 13.2. The Morgan fingerprint density at radius 2 is 1.95 bits per heavy atom. The zero-order valence-electron chi connectivity index (χ0n) is 22.1. The molecule has 2 aromatic rings. The molecular weight excluding hydrogens is 513 g/mol. The molecule has 2 fully saturated rings. The maximum absolute atomic E-state index is 12.9. The lowest BCUT2D eigenvalue weighted by Gasteiger charge is -2.38. The second-order valence-electron chi connectivity index (χ2n) is 10.5. The van der Waals surface area contributed by atoms with E-state index in [4.69, 9.17) is 4.74 Å². The molecule has 1 saturated heterocycles. The highest BCUT2D eigenvalue weighted by molar-refractivity contribution is 5.96. The zero-order valence-corrected chi connectivity index (χ0v) is 22.1. The number of ether oxygens (including phenoxy) is 1. The summed E-state index contributed by atoms with van der Waals surface area (Å²) in [6.07, 6.45) is 0.789. The SMILES string of the molecule is COc1ccc(C2(O)CCC(NC(C)C3CCN(C(=O)CNC(=O)c4cccc(C(F)(F)F)c4)C3)CC2)cn1. The fraction of sp³-hybridized carbons (Fsp3) is 0.536. The fourth-order valence-corrected chi connectivity index (χ4v) is 5.46. The third-order valence-corrected chi connectivity index (χ3v) is 7.93. The number of carbonyl (C=O) groups excluding carboxylic acids is 2. The van der Waals surface area contributed by atoms with Gasteiger partial charge in [0.2, 0.25) is 11.8 Å². The lowest BCUT2D eigenvalue weighted by Crippen LogP contribution is -2.46. The number of halogens is 3. The van der Waals surface area contributed by atoms with Crippen LogP contribution in [-0.2, 0) is 16.6 Å². The molecule has 1 aromatic heterocycles. The molecule has 2 amide bonds. The number of pyridine rings is 1. The Balaban J connectivity index is 1.21. The van der Waals surface area contributed by atoms with E-state index in [1.54, 1.807) is 24.3 Å². The predicted molar refractivity (Wildman–Crippen MR) is 138 cm³/mol. The minimum atomic E-state index is -4.55. The van der Waals surface area contributed by atoms with Gasteiger partial charge in [0.25, 0.3) is 5.91 Å². The quantitative estimate of drug-likeness (QED) is 0.467. The fourth-order valence-electron chi connectivity index (χ4n) is 5.46. The van der Waals surface area contributed by atoms with Crippen molar-refractivity contribution in [3.05, 3.63) is 59.3 Å². The summed E-state index contributed by atoms with van der Waals surface area (Å²) >= 11 is 0. The van der Waals surface area contributed by atoms with Crippen LogP contribution in [0.25, 0.3) is 0 Å². The summed E-state index contributed by atoms with van der Waals surface area (Å²) in [6, 6.07) is 8.14. The molecule has 39 heavy (non-hydrogen) atoms. The predicted octanol–water partition coefficient (Wildman–Crippen LogP) is 3.50. The summed E-state index contributed by atoms with van der Waals surface area (Å²) in [6.45, 7) is 2.93. The molecule has 2 heterocycles. The molecule has 0 spiro atoms. The highest BCUT2D eigenvalue weighted by Gasteiger charge is 2.37. The summed E-state index contributed by atoms with van der Waals surface area (Å²) in [4.78, 5) is 30.9. The lowest BCUT2D eigenvalue weighted by molar-refractivity contribution is -0.137. The van der Waals surface area contributed by atoms with E-state index in [-0.39, 0.29) is 36.0 Å². The second-order valence-corrected chi connectivity index (χ2v) is 10.5. The summed E-state index contributed by atoms with van der Waals surface area (Å²) < 4.78 is 43.8. The van der Waals surface area contributed by atoms with Gasteiger partial charge in [-0.2, -0.15) is 13.2 Å². The van der Waals surface area contributed by atoms with Crippen LogP contribution in [0.2, 0.25) is 0 Å². The van der Waals surface area contributed by atoms with Crippen molar-refractivity contribution in [2.75, 3.05) is 26.7 Å². The number of aliphatic hydroxyl groups is 1. The van der Waals surface area contributed by atoms with E-state index in [9.17, 15) is 27.9 Å². The van der Waals surface area contributed by atoms with Gasteiger partial charge in [0.15, 0.2) is 0 Å². The molecular formula is C28H35F3N4O4. The van der Waals surface area contributed by atoms with Crippen molar-refractivity contribution in [2.45, 2.75) is 62.9 Å². The summed E-state index contributed by atoms with van der Waals surface area (Å²) in [5.41, 5.74) is -1.17. The van der Waals surface area contributed by atoms with Crippen LogP contribution in [0.3, 0.4) is 0 Å². The van der Waals surface area contributed by atoms with Crippen LogP contribution >= 0.6 is 0 Å². The topological polar surface area (TPSA) is 104 Å². The number of rotatable bonds is 8. The van der Waals surface area contributed by atoms with Gasteiger partial charge in [-0.25, -0.2) is 4.98 Å². The number of methoxy groups -OCH3 is 1. The molecule has 212 valence electrons. The van der Waals surface area contributed by atoms with E-state index in [0.29, 0.717) is 31.8 Å². The maximum Gasteiger partial charge on any atom is 0.416 e. The van der Waals surface area contributed by atoms with Gasteiger partial charge in [-0.3, -0.25) is 9.59 Å². The van der Waals surface area contributed by atoms with E-state index >= 15 is 0 Å². The van der Waals surface area contributed by atoms with Gasteiger partial charge in [-0.15, -0.1) is 0 Å². The first kappa shape index (κ1) is 28.8. The minimum Gasteiger partial charge on any atom is -0.481 e. The number of hydrogen-bond acceptors (Lipinski definition) is 6. The molecule has 2 atom stereocenters. The van der Waals surface area contributed by atoms with Gasteiger partial charge in [0.1, 0.15) is 0 Å². The molecule has 1 aliphatic heterocycles. The third kappa shape index (κ3) is 7.07. The highest BCUT2D eigenvalue weighted by atomic mass is 19.4. The number of benzene rings is 1. The van der Waals surface area contributed by atoms with Crippen LogP contribution in [0.5, 0.6) is 5.88 Å². The van der Waals surface area contributed by atoms with Gasteiger partial charge in [0, 0.05) is 48.6 Å². The van der Waals surface area contributed by atoms with Gasteiger partial charge >= 0.3 is 6.18 Å². The maximum atomic E-state index is 12.9. The van der Waals surface area contributed by atoms with E-state index < -0.39 is 23.2 Å². The number of alkyl halides is 3. The third-order valence-electron chi connectivity index (χ3n) is 7.93. The molecule has 0 bridgehead atoms. The minimum absolute atomic E-state index is 0.141. The number of carbonyl (C=O) groups is 2. The van der Waals surface area contributed by atoms with Crippen molar-refractivity contribution in [2.24, 2.45) is 5.92 Å². The summed E-state index contributed by atoms with van der Waals surface area (Å²) in [7, 11) is 1.55. The van der Waals surface area contributed by atoms with E-state index in [1.807, 2.05) is 6.07 Å². The number of aromatic nitrogens is 1. The van der Waals surface area contributed by atoms with Crippen molar-refractivity contribution >= 4 is 11.8 Å². The average molecular weight is 549 g/mol. The molecule has 4 rings (SSSR count).